The van der Waals surface area contributed by atoms with Crippen molar-refractivity contribution in [3.05, 3.63) is 0 Å². The summed E-state index contributed by atoms with van der Waals surface area (Å²) in [5, 5.41) is 0. The molecule has 1 saturated carbocycles. The van der Waals surface area contributed by atoms with Gasteiger partial charge in [0.25, 0.3) is 0 Å². The number of nitrogens with zero attached hydrogens (tertiary/aromatic N) is 2. The smallest absolute Gasteiger partial charge is 0.0833 e. The standard InChI is InChI=1S/C25H48N2O3/c1-23(2,3)19-21-17-22(18-21)28-14-11-26-9-7-25(8-10-26)20-27(13-16-30-25)12-15-29-24(4,5)6/h21-22H,7-20H2,1-6H3. The maximum atomic E-state index is 6.31. The fraction of sp³-hybridized carbons (Fsp3) is 1.00. The molecule has 30 heavy (non-hydrogen) atoms. The summed E-state index contributed by atoms with van der Waals surface area (Å²) in [5.41, 5.74) is 0.464. The van der Waals surface area contributed by atoms with Gasteiger partial charge in [-0.15, -0.1) is 0 Å². The summed E-state index contributed by atoms with van der Waals surface area (Å²) in [6.45, 7) is 22.4. The van der Waals surface area contributed by atoms with E-state index in [4.69, 9.17) is 14.2 Å². The van der Waals surface area contributed by atoms with Crippen LogP contribution in [0.5, 0.6) is 0 Å². The van der Waals surface area contributed by atoms with Crippen molar-refractivity contribution in [2.24, 2.45) is 11.3 Å². The Morgan fingerprint density at radius 2 is 1.57 bits per heavy atom. The summed E-state index contributed by atoms with van der Waals surface area (Å²) < 4.78 is 18.4. The highest BCUT2D eigenvalue weighted by Crippen LogP contribution is 2.38. The van der Waals surface area contributed by atoms with Crippen molar-refractivity contribution in [2.45, 2.75) is 91.0 Å². The Kier molecular flexibility index (Phi) is 8.28. The van der Waals surface area contributed by atoms with Crippen LogP contribution in [0.1, 0.15) is 73.6 Å². The van der Waals surface area contributed by atoms with Crippen LogP contribution in [0.3, 0.4) is 0 Å². The molecule has 0 N–H and O–H groups in total. The third kappa shape index (κ3) is 8.05. The van der Waals surface area contributed by atoms with Crippen LogP contribution in [0.15, 0.2) is 0 Å². The van der Waals surface area contributed by atoms with Gasteiger partial charge in [-0.25, -0.2) is 0 Å². The molecule has 0 unspecified atom stereocenters. The van der Waals surface area contributed by atoms with Crippen molar-refractivity contribution in [1.29, 1.82) is 0 Å². The van der Waals surface area contributed by atoms with E-state index < -0.39 is 0 Å². The first kappa shape index (κ1) is 24.4. The Labute approximate surface area is 185 Å². The van der Waals surface area contributed by atoms with Crippen LogP contribution >= 0.6 is 0 Å². The second kappa shape index (κ2) is 10.2. The van der Waals surface area contributed by atoms with Crippen molar-refractivity contribution in [3.8, 4) is 0 Å². The Morgan fingerprint density at radius 3 is 2.20 bits per heavy atom. The molecule has 176 valence electrons. The fourth-order valence-corrected chi connectivity index (χ4v) is 5.27. The summed E-state index contributed by atoms with van der Waals surface area (Å²) >= 11 is 0. The fourth-order valence-electron chi connectivity index (χ4n) is 5.27. The molecule has 3 fully saturated rings. The predicted octanol–water partition coefficient (Wildman–Crippen LogP) is 4.20. The van der Waals surface area contributed by atoms with Gasteiger partial charge < -0.3 is 19.1 Å². The minimum atomic E-state index is -0.0512. The van der Waals surface area contributed by atoms with Gasteiger partial charge >= 0.3 is 0 Å². The first-order chi connectivity index (χ1) is 14.0. The van der Waals surface area contributed by atoms with E-state index in [2.05, 4.69) is 51.3 Å². The van der Waals surface area contributed by atoms with Gasteiger partial charge in [-0.2, -0.15) is 0 Å². The molecule has 5 nitrogen and oxygen atoms in total. The van der Waals surface area contributed by atoms with E-state index in [1.165, 1.54) is 19.3 Å². The summed E-state index contributed by atoms with van der Waals surface area (Å²) in [6, 6.07) is 0. The lowest BCUT2D eigenvalue weighted by molar-refractivity contribution is -0.142. The molecular weight excluding hydrogens is 376 g/mol. The maximum absolute atomic E-state index is 6.31. The monoisotopic (exact) mass is 424 g/mol. The molecule has 3 aliphatic rings. The summed E-state index contributed by atoms with van der Waals surface area (Å²) in [5.74, 6) is 0.880. The molecule has 0 radical (unpaired) electrons. The van der Waals surface area contributed by atoms with Gasteiger partial charge in [0, 0.05) is 39.3 Å². The topological polar surface area (TPSA) is 34.2 Å². The number of piperidine rings is 1. The van der Waals surface area contributed by atoms with E-state index in [9.17, 15) is 0 Å². The molecule has 2 saturated heterocycles. The van der Waals surface area contributed by atoms with Crippen LogP contribution in [0.4, 0.5) is 0 Å². The molecule has 3 rings (SSSR count). The van der Waals surface area contributed by atoms with Crippen molar-refractivity contribution in [3.63, 3.8) is 0 Å². The van der Waals surface area contributed by atoms with Crippen molar-refractivity contribution in [2.75, 3.05) is 59.1 Å². The SMILES string of the molecule is CC(C)(C)CC1CC(OCCN2CCC3(CC2)CN(CCOC(C)(C)C)CCO3)C1. The van der Waals surface area contributed by atoms with E-state index in [1.54, 1.807) is 0 Å². The minimum absolute atomic E-state index is 0.0512. The van der Waals surface area contributed by atoms with Gasteiger partial charge in [-0.3, -0.25) is 4.90 Å². The predicted molar refractivity (Wildman–Crippen MR) is 123 cm³/mol. The Hall–Kier alpha value is -0.200. The van der Waals surface area contributed by atoms with Crippen LogP contribution in [0, 0.1) is 11.3 Å². The van der Waals surface area contributed by atoms with Gasteiger partial charge in [0.05, 0.1) is 37.1 Å². The number of hydrogen-bond donors (Lipinski definition) is 0. The van der Waals surface area contributed by atoms with Crippen LogP contribution in [-0.2, 0) is 14.2 Å². The van der Waals surface area contributed by atoms with Crippen molar-refractivity contribution >= 4 is 0 Å². The lowest BCUT2D eigenvalue weighted by Crippen LogP contribution is -2.57. The minimum Gasteiger partial charge on any atom is -0.377 e. The average molecular weight is 425 g/mol. The number of likely N-dealkylation sites (tertiary alicyclic amines) is 1. The van der Waals surface area contributed by atoms with E-state index in [1.807, 2.05) is 0 Å². The number of ether oxygens (including phenoxy) is 3. The summed E-state index contributed by atoms with van der Waals surface area (Å²) in [6.07, 6.45) is 6.66. The first-order valence-corrected chi connectivity index (χ1v) is 12.4. The lowest BCUT2D eigenvalue weighted by Gasteiger charge is -2.47. The molecule has 2 heterocycles. The molecule has 1 aliphatic carbocycles. The molecule has 5 heteroatoms. The van der Waals surface area contributed by atoms with Gasteiger partial charge in [0.2, 0.25) is 0 Å². The second-order valence-corrected chi connectivity index (χ2v) is 12.2. The molecule has 0 atom stereocenters. The third-order valence-corrected chi connectivity index (χ3v) is 6.89. The van der Waals surface area contributed by atoms with Gasteiger partial charge in [-0.1, -0.05) is 20.8 Å². The van der Waals surface area contributed by atoms with Crippen LogP contribution < -0.4 is 0 Å². The van der Waals surface area contributed by atoms with Crippen LogP contribution in [0.25, 0.3) is 0 Å². The third-order valence-electron chi connectivity index (χ3n) is 6.89. The Balaban J connectivity index is 1.28. The van der Waals surface area contributed by atoms with Crippen molar-refractivity contribution < 1.29 is 14.2 Å². The molecule has 1 spiro atoms. The largest absolute Gasteiger partial charge is 0.377 e. The molecule has 0 bridgehead atoms. The highest BCUT2D eigenvalue weighted by Gasteiger charge is 2.39. The van der Waals surface area contributed by atoms with E-state index in [0.29, 0.717) is 11.5 Å². The van der Waals surface area contributed by atoms with Crippen molar-refractivity contribution in [1.82, 2.24) is 9.80 Å². The van der Waals surface area contributed by atoms with Gasteiger partial charge in [0.1, 0.15) is 0 Å². The van der Waals surface area contributed by atoms with Gasteiger partial charge in [0.15, 0.2) is 0 Å². The zero-order chi connectivity index (χ0) is 21.8. The lowest BCUT2D eigenvalue weighted by atomic mass is 9.73. The molecule has 0 aromatic heterocycles. The van der Waals surface area contributed by atoms with E-state index >= 15 is 0 Å². The van der Waals surface area contributed by atoms with E-state index in [-0.39, 0.29) is 11.2 Å². The molecule has 0 aromatic carbocycles. The second-order valence-electron chi connectivity index (χ2n) is 12.2. The molecule has 0 amide bonds. The summed E-state index contributed by atoms with van der Waals surface area (Å²) in [4.78, 5) is 5.11. The van der Waals surface area contributed by atoms with E-state index in [0.717, 1.165) is 77.8 Å². The molecular formula is C25H48N2O3. The normalized spacial score (nSPS) is 28.6. The highest BCUT2D eigenvalue weighted by molar-refractivity contribution is 4.93. The maximum Gasteiger partial charge on any atom is 0.0833 e. The Bertz CT molecular complexity index is 511. The Morgan fingerprint density at radius 1 is 0.900 bits per heavy atom. The zero-order valence-electron chi connectivity index (χ0n) is 20.7. The van der Waals surface area contributed by atoms with Gasteiger partial charge in [-0.05, 0) is 64.2 Å². The van der Waals surface area contributed by atoms with Crippen LogP contribution in [-0.4, -0.2) is 86.2 Å². The summed E-state index contributed by atoms with van der Waals surface area (Å²) in [7, 11) is 0. The number of hydrogen-bond acceptors (Lipinski definition) is 5. The zero-order valence-corrected chi connectivity index (χ0v) is 20.7. The first-order valence-electron chi connectivity index (χ1n) is 12.4. The average Bonchev–Trinajstić information content (AvgIpc) is 2.59. The molecule has 0 aromatic rings. The quantitative estimate of drug-likeness (QED) is 0.583. The number of rotatable bonds is 8. The van der Waals surface area contributed by atoms with Crippen LogP contribution in [0.2, 0.25) is 0 Å². The number of morpholine rings is 1. The highest BCUT2D eigenvalue weighted by atomic mass is 16.5. The molecule has 2 aliphatic heterocycles.